The summed E-state index contributed by atoms with van der Waals surface area (Å²) in [6.45, 7) is -1.17. The van der Waals surface area contributed by atoms with E-state index >= 15 is 0 Å². The van der Waals surface area contributed by atoms with Gasteiger partial charge in [-0.3, -0.25) is 9.10 Å². The summed E-state index contributed by atoms with van der Waals surface area (Å²) in [4.78, 5) is 11.8. The van der Waals surface area contributed by atoms with E-state index < -0.39 is 45.9 Å². The molecule has 0 fully saturated rings. The van der Waals surface area contributed by atoms with Crippen LogP contribution in [-0.4, -0.2) is 50.8 Å². The van der Waals surface area contributed by atoms with Crippen molar-refractivity contribution in [3.8, 4) is 22.6 Å². The number of carbonyl (C=O) groups excluding carboxylic acids is 1. The van der Waals surface area contributed by atoms with E-state index in [1.54, 1.807) is 0 Å². The largest absolute Gasteiger partial charge is 0.484 e. The molecule has 0 saturated carbocycles. The van der Waals surface area contributed by atoms with Crippen molar-refractivity contribution in [1.82, 2.24) is 5.32 Å². The zero-order valence-electron chi connectivity index (χ0n) is 20.7. The van der Waals surface area contributed by atoms with Crippen LogP contribution in [0.25, 0.3) is 11.1 Å². The Kier molecular flexibility index (Phi) is 7.75. The van der Waals surface area contributed by atoms with Gasteiger partial charge in [0.1, 0.15) is 34.8 Å². The average Bonchev–Trinajstić information content (AvgIpc) is 2.87. The molecule has 0 radical (unpaired) electrons. The third-order valence-electron chi connectivity index (χ3n) is 5.79. The molecule has 0 bridgehead atoms. The fraction of sp³-hybridized carbons (Fsp3) is 0.269. The van der Waals surface area contributed by atoms with E-state index in [9.17, 15) is 35.9 Å². The molecule has 39 heavy (non-hydrogen) atoms. The lowest BCUT2D eigenvalue weighted by atomic mass is 10.0. The first-order chi connectivity index (χ1) is 18.3. The lowest BCUT2D eigenvalue weighted by Crippen LogP contribution is -2.51. The van der Waals surface area contributed by atoms with Crippen molar-refractivity contribution in [1.29, 1.82) is 0 Å². The summed E-state index contributed by atoms with van der Waals surface area (Å²) in [6, 6.07) is 11.4. The van der Waals surface area contributed by atoms with E-state index in [4.69, 9.17) is 4.74 Å². The van der Waals surface area contributed by atoms with Gasteiger partial charge in [0, 0.05) is 11.6 Å². The van der Waals surface area contributed by atoms with E-state index in [1.165, 1.54) is 44.2 Å². The normalized spacial score (nSPS) is 15.5. The number of hydrogen-bond acceptors (Lipinski definition) is 6. The van der Waals surface area contributed by atoms with Crippen molar-refractivity contribution < 1.29 is 45.4 Å². The number of benzene rings is 3. The summed E-state index contributed by atoms with van der Waals surface area (Å²) in [5.41, 5.74) is -1.70. The van der Waals surface area contributed by atoms with Gasteiger partial charge in [0.2, 0.25) is 0 Å². The highest BCUT2D eigenvalue weighted by atomic mass is 32.2. The Morgan fingerprint density at radius 2 is 1.90 bits per heavy atom. The first kappa shape index (κ1) is 28.2. The number of rotatable bonds is 8. The minimum Gasteiger partial charge on any atom is -0.484 e. The molecule has 1 atom stereocenters. The summed E-state index contributed by atoms with van der Waals surface area (Å²) in [5.74, 6) is -2.51. The van der Waals surface area contributed by atoms with Gasteiger partial charge >= 0.3 is 6.61 Å². The van der Waals surface area contributed by atoms with E-state index in [0.29, 0.717) is 0 Å². The molecule has 208 valence electrons. The topological polar surface area (TPSA) is 105 Å². The van der Waals surface area contributed by atoms with Gasteiger partial charge in [-0.15, -0.1) is 0 Å². The van der Waals surface area contributed by atoms with E-state index in [0.717, 1.165) is 34.6 Å². The van der Waals surface area contributed by atoms with Gasteiger partial charge in [0.15, 0.2) is 0 Å². The Balaban J connectivity index is 1.77. The zero-order valence-corrected chi connectivity index (χ0v) is 21.5. The Bertz CT molecular complexity index is 1490. The number of ether oxygens (including phenoxy) is 2. The van der Waals surface area contributed by atoms with Gasteiger partial charge in [-0.2, -0.15) is 8.78 Å². The molecule has 1 amide bonds. The number of hydrogen-bond donors (Lipinski definition) is 2. The second kappa shape index (κ2) is 10.7. The Labute approximate surface area is 221 Å². The molecule has 4 rings (SSSR count). The van der Waals surface area contributed by atoms with Crippen LogP contribution in [0.2, 0.25) is 0 Å². The predicted molar refractivity (Wildman–Crippen MR) is 133 cm³/mol. The number of sulfonamides is 1. The Morgan fingerprint density at radius 1 is 1.15 bits per heavy atom. The maximum Gasteiger partial charge on any atom is 0.387 e. The number of halogens is 4. The average molecular weight is 569 g/mol. The lowest BCUT2D eigenvalue weighted by molar-refractivity contribution is -0.136. The predicted octanol–water partition coefficient (Wildman–Crippen LogP) is 4.08. The SMILES string of the molecule is CC(C)(O)C(=O)NC[C@H]1CN(S(=O)(=O)c2cccc(OC(F)F)c2)c2cc(-c3cc(F)ccc3F)ccc2O1. The smallest absolute Gasteiger partial charge is 0.387 e. The van der Waals surface area contributed by atoms with E-state index in [1.807, 2.05) is 0 Å². The Hall–Kier alpha value is -3.84. The first-order valence-electron chi connectivity index (χ1n) is 11.6. The van der Waals surface area contributed by atoms with Gasteiger partial charge in [0.25, 0.3) is 15.9 Å². The van der Waals surface area contributed by atoms with Crippen molar-refractivity contribution in [2.75, 3.05) is 17.4 Å². The Morgan fingerprint density at radius 3 is 2.59 bits per heavy atom. The molecule has 2 N–H and O–H groups in total. The molecule has 3 aromatic carbocycles. The molecule has 8 nitrogen and oxygen atoms in total. The first-order valence-corrected chi connectivity index (χ1v) is 13.0. The maximum atomic E-state index is 14.5. The molecule has 3 aromatic rings. The lowest BCUT2D eigenvalue weighted by Gasteiger charge is -2.36. The molecular weight excluding hydrogens is 544 g/mol. The second-order valence-electron chi connectivity index (χ2n) is 9.21. The molecule has 0 unspecified atom stereocenters. The van der Waals surface area contributed by atoms with Crippen LogP contribution in [0, 0.1) is 11.6 Å². The molecule has 1 aliphatic rings. The van der Waals surface area contributed by atoms with Crippen LogP contribution in [0.3, 0.4) is 0 Å². The third kappa shape index (κ3) is 6.25. The molecular formula is C26H24F4N2O6S. The van der Waals surface area contributed by atoms with Crippen molar-refractivity contribution >= 4 is 21.6 Å². The standard InChI is InChI=1S/C26H24F4N2O6S/c1-26(2,34)24(33)31-13-18-14-32(39(35,36)19-5-3-4-17(12-19)38-25(29)30)22-10-15(6-9-23(22)37-18)20-11-16(27)7-8-21(20)28/h3-12,18,25,34H,13-14H2,1-2H3,(H,31,33)/t18-/m0/s1. The number of nitrogens with zero attached hydrogens (tertiary/aromatic N) is 1. The molecule has 0 aromatic heterocycles. The molecule has 0 saturated heterocycles. The minimum atomic E-state index is -4.45. The highest BCUT2D eigenvalue weighted by Gasteiger charge is 2.36. The van der Waals surface area contributed by atoms with Crippen LogP contribution in [0.15, 0.2) is 65.6 Å². The van der Waals surface area contributed by atoms with Crippen LogP contribution in [-0.2, 0) is 14.8 Å². The number of aliphatic hydroxyl groups is 1. The minimum absolute atomic E-state index is 0.0265. The van der Waals surface area contributed by atoms with Crippen LogP contribution < -0.4 is 19.1 Å². The van der Waals surface area contributed by atoms with Gasteiger partial charge in [-0.1, -0.05) is 12.1 Å². The van der Waals surface area contributed by atoms with Crippen molar-refractivity contribution in [3.05, 3.63) is 72.3 Å². The second-order valence-corrected chi connectivity index (χ2v) is 11.1. The van der Waals surface area contributed by atoms with Crippen molar-refractivity contribution in [2.24, 2.45) is 0 Å². The van der Waals surface area contributed by atoms with Crippen molar-refractivity contribution in [3.63, 3.8) is 0 Å². The fourth-order valence-electron chi connectivity index (χ4n) is 3.89. The summed E-state index contributed by atoms with van der Waals surface area (Å²) in [7, 11) is -4.45. The van der Waals surface area contributed by atoms with E-state index in [2.05, 4.69) is 10.1 Å². The fourth-order valence-corrected chi connectivity index (χ4v) is 5.43. The molecule has 1 heterocycles. The van der Waals surface area contributed by atoms with Gasteiger partial charge in [0.05, 0.1) is 23.7 Å². The van der Waals surface area contributed by atoms with Crippen LogP contribution in [0.4, 0.5) is 23.2 Å². The quantitative estimate of drug-likeness (QED) is 0.397. The van der Waals surface area contributed by atoms with E-state index in [-0.39, 0.29) is 46.3 Å². The number of carbonyl (C=O) groups is 1. The number of alkyl halides is 2. The number of fused-ring (bicyclic) bond motifs is 1. The van der Waals surface area contributed by atoms with Crippen LogP contribution in [0.1, 0.15) is 13.8 Å². The highest BCUT2D eigenvalue weighted by Crippen LogP contribution is 2.40. The molecule has 0 spiro atoms. The highest BCUT2D eigenvalue weighted by molar-refractivity contribution is 7.92. The zero-order chi connectivity index (χ0) is 28.5. The summed E-state index contributed by atoms with van der Waals surface area (Å²) in [5, 5.41) is 12.4. The maximum absolute atomic E-state index is 14.5. The third-order valence-corrected chi connectivity index (χ3v) is 7.57. The van der Waals surface area contributed by atoms with Crippen molar-refractivity contribution in [2.45, 2.75) is 37.1 Å². The summed E-state index contributed by atoms with van der Waals surface area (Å²) >= 11 is 0. The molecule has 13 heteroatoms. The van der Waals surface area contributed by atoms with Gasteiger partial charge in [-0.05, 0) is 61.9 Å². The number of nitrogens with one attached hydrogen (secondary N) is 1. The number of anilines is 1. The monoisotopic (exact) mass is 568 g/mol. The van der Waals surface area contributed by atoms with Gasteiger partial charge in [-0.25, -0.2) is 17.2 Å². The molecule has 0 aliphatic carbocycles. The molecule has 1 aliphatic heterocycles. The summed E-state index contributed by atoms with van der Waals surface area (Å²) < 4.78 is 92.5. The van der Waals surface area contributed by atoms with Crippen LogP contribution in [0.5, 0.6) is 11.5 Å². The number of amides is 1. The van der Waals surface area contributed by atoms with Gasteiger partial charge < -0.3 is 19.9 Å². The van der Waals surface area contributed by atoms with Crippen LogP contribution >= 0.6 is 0 Å². The summed E-state index contributed by atoms with van der Waals surface area (Å²) in [6.07, 6.45) is -0.934.